The number of nitrogens with one attached hydrogen (secondary N) is 3. The Balaban J connectivity index is 2.53. The number of hydrogen-bond donors (Lipinski definition) is 3. The van der Waals surface area contributed by atoms with Crippen LogP contribution in [-0.2, 0) is 0 Å². The molecule has 0 atom stereocenters. The topological polar surface area (TPSA) is 69.8 Å². The lowest BCUT2D eigenvalue weighted by Crippen LogP contribution is -2.34. The minimum atomic E-state index is -0.230. The largest absolute Gasteiger partial charge is 0.336 e. The summed E-state index contributed by atoms with van der Waals surface area (Å²) >= 11 is 0. The zero-order chi connectivity index (χ0) is 11.4. The first-order chi connectivity index (χ1) is 6.99. The fourth-order valence-corrected chi connectivity index (χ4v) is 1.11. The number of carbonyl (C=O) groups excluding carboxylic acids is 1. The highest BCUT2D eigenvalue weighted by Crippen LogP contribution is 2.14. The minimum Gasteiger partial charge on any atom is -0.336 e. The third kappa shape index (κ3) is 3.61. The van der Waals surface area contributed by atoms with Crippen molar-refractivity contribution in [1.29, 1.82) is 0 Å². The average Bonchev–Trinajstić information content (AvgIpc) is 2.50. The molecule has 5 nitrogen and oxygen atoms in total. The van der Waals surface area contributed by atoms with Gasteiger partial charge in [0.25, 0.3) is 0 Å². The Labute approximate surface area is 89.6 Å². The molecule has 1 aromatic rings. The van der Waals surface area contributed by atoms with Gasteiger partial charge in [-0.2, -0.15) is 5.10 Å². The summed E-state index contributed by atoms with van der Waals surface area (Å²) in [6.45, 7) is 7.93. The van der Waals surface area contributed by atoms with Crippen LogP contribution in [0.2, 0.25) is 0 Å². The molecule has 2 amide bonds. The molecule has 0 radical (unpaired) electrons. The smallest absolute Gasteiger partial charge is 0.320 e. The van der Waals surface area contributed by atoms with Gasteiger partial charge in [0, 0.05) is 17.8 Å². The SMILES string of the molecule is CC(C)NC(=O)Nc1cc(C(C)C)[nH]n1. The number of nitrogens with zero attached hydrogens (tertiary/aromatic N) is 1. The standard InChI is InChI=1S/C10H18N4O/c1-6(2)8-5-9(14-13-8)12-10(15)11-7(3)4/h5-7H,1-4H3,(H3,11,12,13,14,15). The highest BCUT2D eigenvalue weighted by Gasteiger charge is 2.08. The molecule has 1 heterocycles. The zero-order valence-corrected chi connectivity index (χ0v) is 9.59. The monoisotopic (exact) mass is 210 g/mol. The Kier molecular flexibility index (Phi) is 3.71. The lowest BCUT2D eigenvalue weighted by Gasteiger charge is -2.07. The maximum atomic E-state index is 11.3. The Bertz CT molecular complexity index is 330. The van der Waals surface area contributed by atoms with Crippen molar-refractivity contribution in [3.63, 3.8) is 0 Å². The first-order valence-electron chi connectivity index (χ1n) is 5.12. The van der Waals surface area contributed by atoms with E-state index in [1.807, 2.05) is 19.9 Å². The summed E-state index contributed by atoms with van der Waals surface area (Å²) in [4.78, 5) is 11.3. The number of anilines is 1. The van der Waals surface area contributed by atoms with E-state index in [9.17, 15) is 4.79 Å². The second-order valence-corrected chi connectivity index (χ2v) is 4.12. The lowest BCUT2D eigenvalue weighted by atomic mass is 10.1. The van der Waals surface area contributed by atoms with Crippen molar-refractivity contribution in [2.24, 2.45) is 0 Å². The molecule has 1 rings (SSSR count). The summed E-state index contributed by atoms with van der Waals surface area (Å²) in [5.74, 6) is 0.929. The van der Waals surface area contributed by atoms with E-state index in [-0.39, 0.29) is 12.1 Å². The summed E-state index contributed by atoms with van der Waals surface area (Å²) in [6.07, 6.45) is 0. The molecule has 5 heteroatoms. The van der Waals surface area contributed by atoms with E-state index in [0.29, 0.717) is 11.7 Å². The van der Waals surface area contributed by atoms with Crippen LogP contribution in [-0.4, -0.2) is 22.3 Å². The molecule has 1 aromatic heterocycles. The van der Waals surface area contributed by atoms with E-state index >= 15 is 0 Å². The van der Waals surface area contributed by atoms with Gasteiger partial charge in [0.2, 0.25) is 0 Å². The van der Waals surface area contributed by atoms with Crippen molar-refractivity contribution in [3.8, 4) is 0 Å². The van der Waals surface area contributed by atoms with Gasteiger partial charge in [-0.05, 0) is 19.8 Å². The molecule has 84 valence electrons. The van der Waals surface area contributed by atoms with E-state index in [1.54, 1.807) is 0 Å². The molecule has 15 heavy (non-hydrogen) atoms. The molecular formula is C10H18N4O. The fourth-order valence-electron chi connectivity index (χ4n) is 1.11. The van der Waals surface area contributed by atoms with Gasteiger partial charge in [-0.3, -0.25) is 10.4 Å². The fraction of sp³-hybridized carbons (Fsp3) is 0.600. The Morgan fingerprint density at radius 2 is 2.07 bits per heavy atom. The molecule has 0 fully saturated rings. The number of H-pyrrole nitrogens is 1. The number of aromatic amines is 1. The van der Waals surface area contributed by atoms with E-state index in [1.165, 1.54) is 0 Å². The van der Waals surface area contributed by atoms with Crippen molar-refractivity contribution in [2.45, 2.75) is 39.7 Å². The van der Waals surface area contributed by atoms with Gasteiger partial charge in [-0.15, -0.1) is 0 Å². The van der Waals surface area contributed by atoms with Gasteiger partial charge in [0.1, 0.15) is 0 Å². The van der Waals surface area contributed by atoms with Crippen LogP contribution in [0.4, 0.5) is 10.6 Å². The number of aromatic nitrogens is 2. The summed E-state index contributed by atoms with van der Waals surface area (Å²) in [6, 6.07) is 1.73. The van der Waals surface area contributed by atoms with E-state index in [2.05, 4.69) is 34.7 Å². The molecule has 0 aromatic carbocycles. The first-order valence-corrected chi connectivity index (χ1v) is 5.12. The summed E-state index contributed by atoms with van der Waals surface area (Å²) < 4.78 is 0. The van der Waals surface area contributed by atoms with Crippen molar-refractivity contribution < 1.29 is 4.79 Å². The molecule has 0 saturated heterocycles. The Morgan fingerprint density at radius 3 is 2.53 bits per heavy atom. The highest BCUT2D eigenvalue weighted by atomic mass is 16.2. The van der Waals surface area contributed by atoms with Gasteiger partial charge in [0.05, 0.1) is 0 Å². The maximum absolute atomic E-state index is 11.3. The summed E-state index contributed by atoms with van der Waals surface area (Å²) in [7, 11) is 0. The number of carbonyl (C=O) groups is 1. The van der Waals surface area contributed by atoms with Crippen LogP contribution >= 0.6 is 0 Å². The third-order valence-corrected chi connectivity index (χ3v) is 1.88. The summed E-state index contributed by atoms with van der Waals surface area (Å²) in [5, 5.41) is 12.2. The lowest BCUT2D eigenvalue weighted by molar-refractivity contribution is 0.250. The van der Waals surface area contributed by atoms with E-state index < -0.39 is 0 Å². The second-order valence-electron chi connectivity index (χ2n) is 4.12. The van der Waals surface area contributed by atoms with Crippen LogP contribution in [0.1, 0.15) is 39.3 Å². The number of rotatable bonds is 3. The number of hydrogen-bond acceptors (Lipinski definition) is 2. The van der Waals surface area contributed by atoms with Crippen molar-refractivity contribution in [3.05, 3.63) is 11.8 Å². The van der Waals surface area contributed by atoms with Crippen LogP contribution in [0.25, 0.3) is 0 Å². The molecule has 0 saturated carbocycles. The van der Waals surface area contributed by atoms with Gasteiger partial charge in [0.15, 0.2) is 5.82 Å². The number of amides is 2. The molecular weight excluding hydrogens is 192 g/mol. The Hall–Kier alpha value is -1.52. The molecule has 0 spiro atoms. The highest BCUT2D eigenvalue weighted by molar-refractivity contribution is 5.88. The van der Waals surface area contributed by atoms with E-state index in [4.69, 9.17) is 0 Å². The van der Waals surface area contributed by atoms with Crippen LogP contribution in [0, 0.1) is 0 Å². The van der Waals surface area contributed by atoms with Crippen molar-refractivity contribution in [1.82, 2.24) is 15.5 Å². The Morgan fingerprint density at radius 1 is 1.40 bits per heavy atom. The van der Waals surface area contributed by atoms with E-state index in [0.717, 1.165) is 5.69 Å². The van der Waals surface area contributed by atoms with Crippen molar-refractivity contribution in [2.75, 3.05) is 5.32 Å². The van der Waals surface area contributed by atoms with Crippen LogP contribution in [0.15, 0.2) is 6.07 Å². The second kappa shape index (κ2) is 4.82. The van der Waals surface area contributed by atoms with Crippen LogP contribution < -0.4 is 10.6 Å². The van der Waals surface area contributed by atoms with Gasteiger partial charge >= 0.3 is 6.03 Å². The van der Waals surface area contributed by atoms with Gasteiger partial charge in [-0.25, -0.2) is 4.79 Å². The molecule has 0 aliphatic carbocycles. The average molecular weight is 210 g/mol. The first kappa shape index (κ1) is 11.6. The van der Waals surface area contributed by atoms with Crippen LogP contribution in [0.5, 0.6) is 0 Å². The van der Waals surface area contributed by atoms with Gasteiger partial charge < -0.3 is 5.32 Å². The third-order valence-electron chi connectivity index (χ3n) is 1.88. The number of urea groups is 1. The normalized spacial score (nSPS) is 10.8. The zero-order valence-electron chi connectivity index (χ0n) is 9.59. The molecule has 0 unspecified atom stereocenters. The molecule has 0 aliphatic heterocycles. The predicted molar refractivity (Wildman–Crippen MR) is 60.0 cm³/mol. The molecule has 0 aliphatic rings. The van der Waals surface area contributed by atoms with Gasteiger partial charge in [-0.1, -0.05) is 13.8 Å². The quantitative estimate of drug-likeness (QED) is 0.714. The molecule has 0 bridgehead atoms. The maximum Gasteiger partial charge on any atom is 0.320 e. The minimum absolute atomic E-state index is 0.119. The van der Waals surface area contributed by atoms with Crippen molar-refractivity contribution >= 4 is 11.8 Å². The predicted octanol–water partition coefficient (Wildman–Crippen LogP) is 2.06. The molecule has 3 N–H and O–H groups in total. The van der Waals surface area contributed by atoms with Crippen LogP contribution in [0.3, 0.4) is 0 Å². The summed E-state index contributed by atoms with van der Waals surface area (Å²) in [5.41, 5.74) is 1.01.